The Hall–Kier alpha value is -9.82. The predicted molar refractivity (Wildman–Crippen MR) is 356 cm³/mol. The fourth-order valence-corrected chi connectivity index (χ4v) is 13.0. The lowest BCUT2D eigenvalue weighted by molar-refractivity contribution is -0.148. The first-order valence-corrected chi connectivity index (χ1v) is 34.9. The molecule has 110 heavy (non-hydrogen) atoms. The van der Waals surface area contributed by atoms with Gasteiger partial charge in [-0.15, -0.1) is 0 Å². The molecule has 2 aliphatic carbocycles. The molecule has 0 unspecified atom stereocenters. The van der Waals surface area contributed by atoms with Crippen LogP contribution in [0.4, 0.5) is 79.0 Å². The van der Waals surface area contributed by atoms with Crippen molar-refractivity contribution in [3.63, 3.8) is 0 Å². The van der Waals surface area contributed by atoms with Crippen LogP contribution < -0.4 is 22.9 Å². The normalized spacial score (nSPS) is 17.3. The van der Waals surface area contributed by atoms with Gasteiger partial charge in [0.2, 0.25) is 23.6 Å². The molecule has 0 spiro atoms. The van der Waals surface area contributed by atoms with E-state index in [-0.39, 0.29) is 136 Å². The van der Waals surface area contributed by atoms with Crippen molar-refractivity contribution in [1.29, 1.82) is 0 Å². The lowest BCUT2D eigenvalue weighted by Gasteiger charge is -2.40. The van der Waals surface area contributed by atoms with Crippen molar-refractivity contribution in [1.82, 2.24) is 58.7 Å². The Morgan fingerprint density at radius 1 is 0.373 bits per heavy atom. The number of rotatable bonds is 22. The summed E-state index contributed by atoms with van der Waals surface area (Å²) in [6.07, 6.45) is 0.944. The van der Waals surface area contributed by atoms with E-state index in [2.05, 4.69) is 20.4 Å². The van der Waals surface area contributed by atoms with Crippen molar-refractivity contribution in [3.05, 3.63) is 212 Å². The Balaban J connectivity index is 0.000000145. The second-order valence-corrected chi connectivity index (χ2v) is 28.2. The highest BCUT2D eigenvalue weighted by atomic mass is 19.4. The zero-order chi connectivity index (χ0) is 79.5. The number of halogens is 18. The van der Waals surface area contributed by atoms with Crippen LogP contribution in [-0.4, -0.2) is 159 Å². The third kappa shape index (κ3) is 20.2. The van der Waals surface area contributed by atoms with Gasteiger partial charge in [-0.2, -0.15) is 46.7 Å². The van der Waals surface area contributed by atoms with E-state index in [1.807, 2.05) is 27.7 Å². The third-order valence-electron chi connectivity index (χ3n) is 19.5. The zero-order valence-corrected chi connectivity index (χ0v) is 58.3. The smallest absolute Gasteiger partial charge is 0.338 e. The number of carbonyl (C=O) groups is 4. The molecule has 6 aliphatic rings. The van der Waals surface area contributed by atoms with Crippen LogP contribution in [0.5, 0.6) is 0 Å². The van der Waals surface area contributed by atoms with E-state index < -0.39 is 130 Å². The molecule has 4 aromatic heterocycles. The van der Waals surface area contributed by atoms with Gasteiger partial charge in [0.05, 0.1) is 29.9 Å². The number of benzene rings is 4. The largest absolute Gasteiger partial charge is 0.435 e. The molecule has 4 aliphatic heterocycles. The second kappa shape index (κ2) is 33.8. The van der Waals surface area contributed by atoms with E-state index in [1.54, 1.807) is 16.0 Å². The van der Waals surface area contributed by atoms with Gasteiger partial charge in [0.1, 0.15) is 29.0 Å². The number of likely N-dealkylation sites (tertiary alicyclic amines) is 4. The SMILES string of the molecule is N[C@@H](CC(=O)N1CC(n2ccc(C(F)(F)F)n2)C1)Cc1cc(F)c(F)cc1F.N[C@@H](CC(=O)N1CC(n2ccc(C3CC3)n2)C1)Cc1cc(F)c(F)cc1F.N[C@@H](CC(=O)N1CC(n2nccc2C(F)(F)F)C1)Cc1cc(F)c(F)cc1F.N[C@@H](CC(=O)N1CC(n2nccc2C2CC2)C1)Cc1cc(F)c(F)cc1F. The molecule has 8 N–H and O–H groups in total. The molecule has 8 heterocycles. The van der Waals surface area contributed by atoms with Crippen molar-refractivity contribution in [3.8, 4) is 0 Å². The summed E-state index contributed by atoms with van der Waals surface area (Å²) in [5.74, 6) is -13.3. The Labute approximate surface area is 615 Å². The topological polar surface area (TPSA) is 257 Å². The van der Waals surface area contributed by atoms with E-state index in [0.717, 1.165) is 45.5 Å². The Morgan fingerprint density at radius 2 is 0.682 bits per heavy atom. The van der Waals surface area contributed by atoms with Crippen molar-refractivity contribution >= 4 is 23.6 Å². The minimum absolute atomic E-state index is 0.0254. The lowest BCUT2D eigenvalue weighted by Crippen LogP contribution is -2.52. The number of nitrogens with two attached hydrogens (primary N) is 4. The first kappa shape index (κ1) is 81.2. The summed E-state index contributed by atoms with van der Waals surface area (Å²) in [4.78, 5) is 55.2. The van der Waals surface area contributed by atoms with Gasteiger partial charge in [-0.3, -0.25) is 37.9 Å². The van der Waals surface area contributed by atoms with E-state index in [9.17, 15) is 98.2 Å². The maximum Gasteiger partial charge on any atom is 0.435 e. The molecule has 4 atom stereocenters. The molecular formula is C72H74F18N16O4. The summed E-state index contributed by atoms with van der Waals surface area (Å²) in [5.41, 5.74) is 23.6. The predicted octanol–water partition coefficient (Wildman–Crippen LogP) is 10.4. The van der Waals surface area contributed by atoms with Gasteiger partial charge >= 0.3 is 12.4 Å². The first-order valence-electron chi connectivity index (χ1n) is 34.9. The van der Waals surface area contributed by atoms with Crippen molar-refractivity contribution in [2.75, 3.05) is 52.4 Å². The minimum Gasteiger partial charge on any atom is -0.338 e. The van der Waals surface area contributed by atoms with Crippen LogP contribution in [0.15, 0.2) is 97.6 Å². The second-order valence-electron chi connectivity index (χ2n) is 28.2. The van der Waals surface area contributed by atoms with Crippen LogP contribution in [0.3, 0.4) is 0 Å². The van der Waals surface area contributed by atoms with Crippen molar-refractivity contribution in [2.24, 2.45) is 22.9 Å². The van der Waals surface area contributed by atoms with Crippen LogP contribution in [-0.2, 0) is 57.2 Å². The van der Waals surface area contributed by atoms with E-state index in [0.29, 0.717) is 74.4 Å². The molecule has 2 saturated carbocycles. The van der Waals surface area contributed by atoms with Crippen LogP contribution in [0.1, 0.15) is 132 Å². The van der Waals surface area contributed by atoms with Crippen LogP contribution in [0.25, 0.3) is 0 Å². The summed E-state index contributed by atoms with van der Waals surface area (Å²) in [6.45, 7) is 2.70. The Kier molecular flexibility index (Phi) is 24.9. The molecule has 6 fully saturated rings. The Bertz CT molecular complexity index is 4610. The van der Waals surface area contributed by atoms with Gasteiger partial charge in [-0.1, -0.05) is 0 Å². The number of alkyl halides is 6. The monoisotopic (exact) mass is 1570 g/mol. The molecule has 592 valence electrons. The number of amides is 4. The first-order chi connectivity index (χ1) is 51.9. The van der Waals surface area contributed by atoms with Gasteiger partial charge in [-0.05, 0) is 122 Å². The summed E-state index contributed by atoms with van der Waals surface area (Å²) in [5, 5.41) is 16.1. The van der Waals surface area contributed by atoms with Gasteiger partial charge < -0.3 is 42.5 Å². The highest BCUT2D eigenvalue weighted by Crippen LogP contribution is 2.42. The van der Waals surface area contributed by atoms with Crippen molar-refractivity contribution in [2.45, 2.75) is 150 Å². The van der Waals surface area contributed by atoms with E-state index in [1.165, 1.54) is 47.4 Å². The van der Waals surface area contributed by atoms with Crippen LogP contribution >= 0.6 is 0 Å². The molecule has 0 bridgehead atoms. The van der Waals surface area contributed by atoms with E-state index >= 15 is 0 Å². The van der Waals surface area contributed by atoms with Crippen LogP contribution in [0, 0.1) is 69.8 Å². The average molecular weight is 1570 g/mol. The summed E-state index contributed by atoms with van der Waals surface area (Å²) in [6, 6.07) is 6.94. The average Bonchev–Trinajstić information content (AvgIpc) is 1.53. The minimum atomic E-state index is -4.54. The highest BCUT2D eigenvalue weighted by Gasteiger charge is 2.43. The number of aromatic nitrogens is 8. The number of hydrogen-bond acceptors (Lipinski definition) is 12. The fraction of sp³-hybridized carbons (Fsp3) is 0.444. The lowest BCUT2D eigenvalue weighted by atomic mass is 10.0. The molecule has 38 heteroatoms. The molecule has 20 nitrogen and oxygen atoms in total. The van der Waals surface area contributed by atoms with Gasteiger partial charge in [0.15, 0.2) is 52.2 Å². The maximum atomic E-state index is 13.7. The standard InChI is InChI=1S/2C19H21F3N4O.2C17H16F6N4O/c20-15-8-17(22)16(21)6-12(15)5-13(23)7-19(27)25-9-14(10-25)26-4-3-18(24-26)11-1-2-11;20-15-8-17(22)16(21)6-12(15)5-13(23)7-19(27)25-9-14(10-25)26-18(3-4-24-26)11-1-2-11;18-12-6-14(20)13(19)4-9(12)3-10(24)5-16(28)26-7-11(8-26)27-2-1-15(25-27)17(21,22)23;18-12-6-14(20)13(19)4-9(12)3-10(24)5-16(28)26-7-11(8-26)27-15(1-2-25-27)17(21,22)23/h2*3-4,6,8,11,13-14H,1-2,5,7,9-10,23H2;2*1-2,4,6,10-11H,3,5,7-8,24H2/t2*13-;2*10-/m1111/s1. The van der Waals surface area contributed by atoms with Gasteiger partial charge in [0, 0.05) is 169 Å². The molecule has 0 radical (unpaired) electrons. The van der Waals surface area contributed by atoms with Crippen molar-refractivity contribution < 1.29 is 98.2 Å². The molecule has 8 aromatic rings. The summed E-state index contributed by atoms with van der Waals surface area (Å²) in [7, 11) is 0. The zero-order valence-electron chi connectivity index (χ0n) is 58.3. The number of hydrogen-bond donors (Lipinski definition) is 4. The van der Waals surface area contributed by atoms with Gasteiger partial charge in [-0.25, -0.2) is 52.7 Å². The number of carbonyl (C=O) groups excluding carboxylic acids is 4. The summed E-state index contributed by atoms with van der Waals surface area (Å²) >= 11 is 0. The molecule has 4 aromatic carbocycles. The quantitative estimate of drug-likeness (QED) is 0.0365. The van der Waals surface area contributed by atoms with E-state index in [4.69, 9.17) is 22.9 Å². The highest BCUT2D eigenvalue weighted by molar-refractivity contribution is 5.79. The Morgan fingerprint density at radius 3 is 1.02 bits per heavy atom. The molecular weight excluding hydrogens is 1490 g/mol. The fourth-order valence-electron chi connectivity index (χ4n) is 13.0. The number of nitrogens with zero attached hydrogens (tertiary/aromatic N) is 12. The third-order valence-corrected chi connectivity index (χ3v) is 19.5. The molecule has 4 saturated heterocycles. The van der Waals surface area contributed by atoms with Gasteiger partial charge in [0.25, 0.3) is 0 Å². The summed E-state index contributed by atoms with van der Waals surface area (Å²) < 4.78 is 242. The van der Waals surface area contributed by atoms with Crippen LogP contribution in [0.2, 0.25) is 0 Å². The molecule has 14 rings (SSSR count). The molecule has 4 amide bonds. The maximum absolute atomic E-state index is 13.7.